The van der Waals surface area contributed by atoms with Crippen LogP contribution in [0.5, 0.6) is 11.6 Å². The van der Waals surface area contributed by atoms with Crippen LogP contribution in [-0.2, 0) is 6.42 Å². The van der Waals surface area contributed by atoms with Gasteiger partial charge in [-0.15, -0.1) is 0 Å². The lowest BCUT2D eigenvalue weighted by atomic mass is 9.83. The number of hydrogen-bond acceptors (Lipinski definition) is 5. The number of nitrogens with two attached hydrogens (primary N) is 1. The fourth-order valence-electron chi connectivity index (χ4n) is 3.71. The van der Waals surface area contributed by atoms with Crippen LogP contribution in [0.15, 0.2) is 66.1 Å². The van der Waals surface area contributed by atoms with Crippen molar-refractivity contribution in [2.75, 3.05) is 7.11 Å². The second kappa shape index (κ2) is 7.72. The van der Waals surface area contributed by atoms with E-state index in [1.54, 1.807) is 11.8 Å². The lowest BCUT2D eigenvalue weighted by Crippen LogP contribution is -2.22. The molecule has 2 aromatic carbocycles. The van der Waals surface area contributed by atoms with Crippen molar-refractivity contribution in [3.63, 3.8) is 0 Å². The number of fused-ring (bicyclic) bond motifs is 1. The standard InChI is InChI=1S/C23H22N4O2/c1-3-7-19-21-20(15-10-12-17(28-2)13-11-15)18(14-24)22(25)29-23(21)27(26-19)16-8-5-4-6-9-16/h4-6,8-13,20H,3,7,25H2,1-2H3/t20-/m1/s1. The number of aryl methyl sites for hydroxylation is 1. The Morgan fingerprint density at radius 2 is 1.90 bits per heavy atom. The Bertz CT molecular complexity index is 1090. The highest BCUT2D eigenvalue weighted by Gasteiger charge is 2.36. The Balaban J connectivity index is 1.95. The monoisotopic (exact) mass is 386 g/mol. The molecule has 0 aliphatic carbocycles. The van der Waals surface area contributed by atoms with E-state index in [2.05, 4.69) is 13.0 Å². The number of rotatable bonds is 5. The molecule has 0 saturated heterocycles. The Labute approximate surface area is 169 Å². The van der Waals surface area contributed by atoms with Crippen LogP contribution in [0.1, 0.15) is 36.1 Å². The van der Waals surface area contributed by atoms with Crippen LogP contribution in [0.25, 0.3) is 5.69 Å². The molecular formula is C23H22N4O2. The third kappa shape index (κ3) is 3.21. The third-order valence-electron chi connectivity index (χ3n) is 5.06. The maximum Gasteiger partial charge on any atom is 0.229 e. The zero-order valence-corrected chi connectivity index (χ0v) is 16.4. The molecule has 2 heterocycles. The van der Waals surface area contributed by atoms with Crippen LogP contribution in [0.2, 0.25) is 0 Å². The Morgan fingerprint density at radius 1 is 1.17 bits per heavy atom. The minimum Gasteiger partial charge on any atom is -0.497 e. The van der Waals surface area contributed by atoms with Crippen molar-refractivity contribution < 1.29 is 9.47 Å². The zero-order chi connectivity index (χ0) is 20.4. The number of allylic oxidation sites excluding steroid dienone is 1. The SMILES string of the molecule is CCCc1nn(-c2ccccc2)c2c1[C@H](c1ccc(OC)cc1)C(C#N)=C(N)O2. The largest absolute Gasteiger partial charge is 0.497 e. The molecule has 29 heavy (non-hydrogen) atoms. The average molecular weight is 386 g/mol. The van der Waals surface area contributed by atoms with Crippen molar-refractivity contribution in [1.82, 2.24) is 9.78 Å². The summed E-state index contributed by atoms with van der Waals surface area (Å²) in [7, 11) is 1.63. The van der Waals surface area contributed by atoms with Crippen molar-refractivity contribution in [3.8, 4) is 23.4 Å². The maximum absolute atomic E-state index is 9.84. The predicted octanol–water partition coefficient (Wildman–Crippen LogP) is 4.05. The van der Waals surface area contributed by atoms with Gasteiger partial charge in [0.25, 0.3) is 0 Å². The van der Waals surface area contributed by atoms with Gasteiger partial charge in [-0.05, 0) is 36.2 Å². The molecule has 1 aromatic heterocycles. The number of nitriles is 1. The van der Waals surface area contributed by atoms with Gasteiger partial charge in [-0.25, -0.2) is 4.68 Å². The van der Waals surface area contributed by atoms with Crippen LogP contribution in [0.3, 0.4) is 0 Å². The van der Waals surface area contributed by atoms with Gasteiger partial charge in [0, 0.05) is 0 Å². The van der Waals surface area contributed by atoms with E-state index in [9.17, 15) is 5.26 Å². The predicted molar refractivity (Wildman–Crippen MR) is 110 cm³/mol. The quantitative estimate of drug-likeness (QED) is 0.715. The molecule has 0 radical (unpaired) electrons. The van der Waals surface area contributed by atoms with E-state index in [1.165, 1.54) is 0 Å². The number of hydrogen-bond donors (Lipinski definition) is 1. The van der Waals surface area contributed by atoms with E-state index in [0.717, 1.165) is 41.1 Å². The summed E-state index contributed by atoms with van der Waals surface area (Å²) in [5, 5.41) is 14.7. The lowest BCUT2D eigenvalue weighted by Gasteiger charge is -2.25. The molecule has 1 aliphatic rings. The molecule has 1 atom stereocenters. The number of aromatic nitrogens is 2. The molecule has 3 aromatic rings. The minimum atomic E-state index is -0.339. The normalized spacial score (nSPS) is 15.4. The number of para-hydroxylation sites is 1. The molecule has 0 amide bonds. The first-order valence-electron chi connectivity index (χ1n) is 9.56. The highest BCUT2D eigenvalue weighted by molar-refractivity contribution is 5.57. The molecule has 6 nitrogen and oxygen atoms in total. The fraction of sp³-hybridized carbons (Fsp3) is 0.217. The highest BCUT2D eigenvalue weighted by Crippen LogP contribution is 2.45. The van der Waals surface area contributed by atoms with Gasteiger partial charge < -0.3 is 15.2 Å². The van der Waals surface area contributed by atoms with Crippen molar-refractivity contribution >= 4 is 0 Å². The molecule has 146 valence electrons. The first-order chi connectivity index (χ1) is 14.2. The summed E-state index contributed by atoms with van der Waals surface area (Å²) < 4.78 is 13.0. The smallest absolute Gasteiger partial charge is 0.229 e. The summed E-state index contributed by atoms with van der Waals surface area (Å²) in [5.74, 6) is 1.09. The van der Waals surface area contributed by atoms with Gasteiger partial charge in [0.2, 0.25) is 11.8 Å². The van der Waals surface area contributed by atoms with Gasteiger partial charge in [0.05, 0.1) is 30.0 Å². The maximum atomic E-state index is 9.84. The van der Waals surface area contributed by atoms with E-state index in [0.29, 0.717) is 11.5 Å². The molecular weight excluding hydrogens is 364 g/mol. The third-order valence-corrected chi connectivity index (χ3v) is 5.06. The first kappa shape index (κ1) is 18.6. The van der Waals surface area contributed by atoms with Gasteiger partial charge in [0.15, 0.2) is 0 Å². The second-order valence-electron chi connectivity index (χ2n) is 6.86. The Kier molecular flexibility index (Phi) is 4.96. The van der Waals surface area contributed by atoms with Crippen LogP contribution in [0, 0.1) is 11.3 Å². The second-order valence-corrected chi connectivity index (χ2v) is 6.86. The van der Waals surface area contributed by atoms with Crippen molar-refractivity contribution in [2.24, 2.45) is 5.73 Å². The molecule has 6 heteroatoms. The van der Waals surface area contributed by atoms with E-state index in [-0.39, 0.29) is 11.8 Å². The topological polar surface area (TPSA) is 86.1 Å². The molecule has 1 aliphatic heterocycles. The highest BCUT2D eigenvalue weighted by atomic mass is 16.5. The van der Waals surface area contributed by atoms with Gasteiger partial charge in [-0.1, -0.05) is 43.7 Å². The van der Waals surface area contributed by atoms with Gasteiger partial charge in [0.1, 0.15) is 17.4 Å². The Morgan fingerprint density at radius 3 is 2.52 bits per heavy atom. The molecule has 0 spiro atoms. The van der Waals surface area contributed by atoms with Crippen molar-refractivity contribution in [2.45, 2.75) is 25.7 Å². The molecule has 4 rings (SSSR count). The number of benzene rings is 2. The van der Waals surface area contributed by atoms with Gasteiger partial charge in [-0.3, -0.25) is 0 Å². The summed E-state index contributed by atoms with van der Waals surface area (Å²) in [6.45, 7) is 2.11. The molecule has 0 bridgehead atoms. The molecule has 0 fully saturated rings. The summed E-state index contributed by atoms with van der Waals surface area (Å²) >= 11 is 0. The van der Waals surface area contributed by atoms with Crippen molar-refractivity contribution in [3.05, 3.63) is 82.9 Å². The lowest BCUT2D eigenvalue weighted by molar-refractivity contribution is 0.367. The Hall–Kier alpha value is -3.72. The zero-order valence-electron chi connectivity index (χ0n) is 16.4. The number of methoxy groups -OCH3 is 1. The van der Waals surface area contributed by atoms with Gasteiger partial charge >= 0.3 is 0 Å². The first-order valence-corrected chi connectivity index (χ1v) is 9.56. The number of ether oxygens (including phenoxy) is 2. The van der Waals surface area contributed by atoms with Crippen LogP contribution < -0.4 is 15.2 Å². The van der Waals surface area contributed by atoms with E-state index < -0.39 is 0 Å². The van der Waals surface area contributed by atoms with Crippen LogP contribution in [0.4, 0.5) is 0 Å². The van der Waals surface area contributed by atoms with Crippen molar-refractivity contribution in [1.29, 1.82) is 5.26 Å². The fourth-order valence-corrected chi connectivity index (χ4v) is 3.71. The average Bonchev–Trinajstić information content (AvgIpc) is 3.11. The van der Waals surface area contributed by atoms with Crippen LogP contribution in [-0.4, -0.2) is 16.9 Å². The van der Waals surface area contributed by atoms with E-state index >= 15 is 0 Å². The van der Waals surface area contributed by atoms with E-state index in [4.69, 9.17) is 20.3 Å². The van der Waals surface area contributed by atoms with E-state index in [1.807, 2.05) is 54.6 Å². The summed E-state index contributed by atoms with van der Waals surface area (Å²) in [5.41, 5.74) is 10.2. The summed E-state index contributed by atoms with van der Waals surface area (Å²) in [6.07, 6.45) is 1.70. The van der Waals surface area contributed by atoms with Gasteiger partial charge in [-0.2, -0.15) is 10.4 Å². The molecule has 0 unspecified atom stereocenters. The summed E-state index contributed by atoms with van der Waals surface area (Å²) in [4.78, 5) is 0. The molecule has 2 N–H and O–H groups in total. The minimum absolute atomic E-state index is 0.112. The molecule has 0 saturated carbocycles. The van der Waals surface area contributed by atoms with Crippen LogP contribution >= 0.6 is 0 Å². The summed E-state index contributed by atoms with van der Waals surface area (Å²) in [6, 6.07) is 19.7. The number of nitrogens with zero attached hydrogens (tertiary/aromatic N) is 3.